The molecule has 1 N–H and O–H groups in total. The number of hydrogen-bond donors (Lipinski definition) is 1. The van der Waals surface area contributed by atoms with Gasteiger partial charge in [0.05, 0.1) is 0 Å². The van der Waals surface area contributed by atoms with E-state index in [0.29, 0.717) is 0 Å². The molecule has 0 unspecified atom stereocenters. The molecule has 0 aromatic heterocycles. The minimum absolute atomic E-state index is 0.189. The summed E-state index contributed by atoms with van der Waals surface area (Å²) in [6, 6.07) is 0. The zero-order valence-corrected chi connectivity index (χ0v) is 19.4. The van der Waals surface area contributed by atoms with Crippen LogP contribution in [0.1, 0.15) is 98.8 Å². The molecule has 2 saturated carbocycles. The first-order valence-corrected chi connectivity index (χ1v) is 10.9. The van der Waals surface area contributed by atoms with Gasteiger partial charge in [0.1, 0.15) is 0 Å². The summed E-state index contributed by atoms with van der Waals surface area (Å²) in [5.41, 5.74) is 0.189. The number of aliphatic hydroxyl groups excluding tert-OH is 1. The van der Waals surface area contributed by atoms with Gasteiger partial charge < -0.3 is 17.9 Å². The second-order valence-corrected chi connectivity index (χ2v) is 8.20. The Morgan fingerprint density at radius 2 is 1.08 bits per heavy atom. The van der Waals surface area contributed by atoms with Gasteiger partial charge in [-0.1, -0.05) is 52.4 Å². The van der Waals surface area contributed by atoms with E-state index in [1.165, 1.54) is 85.1 Å². The van der Waals surface area contributed by atoms with E-state index in [4.69, 9.17) is 5.11 Å². The van der Waals surface area contributed by atoms with Gasteiger partial charge in [0.2, 0.25) is 0 Å². The van der Waals surface area contributed by atoms with Gasteiger partial charge >= 0.3 is 50.5 Å². The molecule has 2 fully saturated rings. The first-order chi connectivity index (χ1) is 11.4. The van der Waals surface area contributed by atoms with Crippen molar-refractivity contribution in [2.24, 2.45) is 15.2 Å². The minimum Gasteiger partial charge on any atom is -0.400 e. The summed E-state index contributed by atoms with van der Waals surface area (Å²) < 4.78 is 4.07. The Morgan fingerprint density at radius 3 is 1.21 bits per heavy atom. The molecule has 0 radical (unpaired) electrons. The molecule has 145 valence electrons. The number of hydrogen-bond acceptors (Lipinski definition) is 2. The molecule has 2 nitrogen and oxygen atoms in total. The van der Waals surface area contributed by atoms with Gasteiger partial charge in [-0.3, -0.25) is 0 Å². The van der Waals surface area contributed by atoms with E-state index < -0.39 is 0 Å². The Labute approximate surface area is 165 Å². The molecular weight excluding hydrogens is 375 g/mol. The van der Waals surface area contributed by atoms with E-state index in [1.807, 2.05) is 0 Å². The topological polar surface area (TPSA) is 32.6 Å². The standard InChI is InChI=1S/2C8H15.C4H9N.CH4O.Nb/c2*1-2-8-6-4-3-5-7-8;1-4(2,3)5;1-2;/h2*3,8H,2,4-7H2,1H3;1-3H3;2H,1H3;/q2*-1;;;. The summed E-state index contributed by atoms with van der Waals surface area (Å²) in [5, 5.41) is 7.00. The van der Waals surface area contributed by atoms with Crippen LogP contribution in [-0.2, 0) is 20.9 Å². The van der Waals surface area contributed by atoms with Crippen LogP contribution in [0.15, 0.2) is 3.34 Å². The molecule has 2 aliphatic carbocycles. The molecule has 0 amide bonds. The molecule has 0 aromatic carbocycles. The van der Waals surface area contributed by atoms with Crippen LogP contribution < -0.4 is 0 Å². The smallest absolute Gasteiger partial charge is 0.0319 e. The van der Waals surface area contributed by atoms with E-state index >= 15 is 0 Å². The van der Waals surface area contributed by atoms with E-state index in [1.54, 1.807) is 0 Å². The van der Waals surface area contributed by atoms with Crippen molar-refractivity contribution < 1.29 is 26.0 Å². The van der Waals surface area contributed by atoms with Gasteiger partial charge in [-0.25, -0.2) is 0 Å². The third-order valence-corrected chi connectivity index (χ3v) is 6.05. The fourth-order valence-electron chi connectivity index (χ4n) is 2.81. The average molecular weight is 418 g/mol. The van der Waals surface area contributed by atoms with E-state index in [0.717, 1.165) is 18.9 Å². The largest absolute Gasteiger partial charge is 0.400 e. The zero-order chi connectivity index (χ0) is 18.8. The van der Waals surface area contributed by atoms with Gasteiger partial charge in [0.15, 0.2) is 0 Å². The first kappa shape index (κ1) is 26.7. The third-order valence-electron chi connectivity index (χ3n) is 4.57. The molecule has 3 heteroatoms. The van der Waals surface area contributed by atoms with Crippen LogP contribution in [0.3, 0.4) is 0 Å². The molecule has 0 heterocycles. The van der Waals surface area contributed by atoms with Crippen LogP contribution in [0.25, 0.3) is 0 Å². The Morgan fingerprint density at radius 1 is 0.833 bits per heavy atom. The molecule has 0 spiro atoms. The molecule has 2 rings (SSSR count). The predicted octanol–water partition coefficient (Wildman–Crippen LogP) is 6.71. The van der Waals surface area contributed by atoms with Crippen molar-refractivity contribution in [3.8, 4) is 0 Å². The molecule has 0 aromatic rings. The van der Waals surface area contributed by atoms with E-state index in [2.05, 4.69) is 50.8 Å². The van der Waals surface area contributed by atoms with E-state index in [-0.39, 0.29) is 5.54 Å². The quantitative estimate of drug-likeness (QED) is 0.392. The zero-order valence-electron chi connectivity index (χ0n) is 17.2. The summed E-state index contributed by atoms with van der Waals surface area (Å²) in [7, 11) is 1.00. The Balaban J connectivity index is 0. The maximum Gasteiger partial charge on any atom is 0.0319 e. The summed E-state index contributed by atoms with van der Waals surface area (Å²) in [6.45, 7) is 10.9. The van der Waals surface area contributed by atoms with E-state index in [9.17, 15) is 0 Å². The van der Waals surface area contributed by atoms with Crippen molar-refractivity contribution in [1.29, 1.82) is 0 Å². The van der Waals surface area contributed by atoms with Crippen LogP contribution in [0.2, 0.25) is 0 Å². The molecule has 2 aliphatic rings. The summed E-state index contributed by atoms with van der Waals surface area (Å²) in [4.78, 5) is 0. The van der Waals surface area contributed by atoms with Gasteiger partial charge in [0, 0.05) is 7.11 Å². The summed E-state index contributed by atoms with van der Waals surface area (Å²) in [5.74, 6) is 2.11. The van der Waals surface area contributed by atoms with Gasteiger partial charge in [-0.15, -0.1) is 0 Å². The summed E-state index contributed by atoms with van der Waals surface area (Å²) in [6.07, 6.45) is 19.0. The third kappa shape index (κ3) is 18.8. The average Bonchev–Trinajstić information content (AvgIpc) is 2.65. The molecule has 0 atom stereocenters. The monoisotopic (exact) mass is 418 g/mol. The van der Waals surface area contributed by atoms with Crippen LogP contribution in [0.4, 0.5) is 0 Å². The van der Waals surface area contributed by atoms with Gasteiger partial charge in [0.25, 0.3) is 0 Å². The van der Waals surface area contributed by atoms with Crippen LogP contribution in [0.5, 0.6) is 0 Å². The fourth-order valence-corrected chi connectivity index (χ4v) is 2.81. The molecular formula is C21H43NNbO-2. The second-order valence-electron chi connectivity index (χ2n) is 7.71. The van der Waals surface area contributed by atoms with Crippen molar-refractivity contribution in [1.82, 2.24) is 0 Å². The van der Waals surface area contributed by atoms with Gasteiger partial charge in [-0.2, -0.15) is 25.7 Å². The van der Waals surface area contributed by atoms with Crippen molar-refractivity contribution in [3.63, 3.8) is 0 Å². The van der Waals surface area contributed by atoms with Crippen LogP contribution >= 0.6 is 0 Å². The summed E-state index contributed by atoms with van der Waals surface area (Å²) >= 11 is 1.52. The van der Waals surface area contributed by atoms with Crippen molar-refractivity contribution in [2.45, 2.75) is 104 Å². The Bertz CT molecular complexity index is 233. The predicted molar refractivity (Wildman–Crippen MR) is 103 cm³/mol. The first-order valence-electron chi connectivity index (χ1n) is 9.87. The van der Waals surface area contributed by atoms with Crippen molar-refractivity contribution in [3.05, 3.63) is 12.8 Å². The Hall–Kier alpha value is 0.500. The van der Waals surface area contributed by atoms with Crippen LogP contribution in [-0.4, -0.2) is 17.8 Å². The fraction of sp³-hybridized carbons (Fsp3) is 0.905. The SMILES string of the molecule is CC(C)(C)[N]=[Nb].CCC1CC[CH-]CC1.CCC1CC[CH-]CC1.CO. The maximum absolute atomic E-state index is 7.00. The van der Waals surface area contributed by atoms with Gasteiger partial charge in [-0.05, 0) is 11.8 Å². The van der Waals surface area contributed by atoms with Crippen LogP contribution in [0, 0.1) is 24.7 Å². The molecule has 0 bridgehead atoms. The second kappa shape index (κ2) is 18.3. The maximum atomic E-state index is 7.00. The number of rotatable bonds is 2. The number of aliphatic hydroxyl groups is 1. The number of nitrogens with zero attached hydrogens (tertiary/aromatic N) is 1. The Kier molecular flexibility index (Phi) is 20.4. The molecule has 0 saturated heterocycles. The van der Waals surface area contributed by atoms with Crippen molar-refractivity contribution in [2.75, 3.05) is 7.11 Å². The molecule has 0 aliphatic heterocycles. The minimum atomic E-state index is 0.189. The normalized spacial score (nSPS) is 18.8. The molecule has 24 heavy (non-hydrogen) atoms. The van der Waals surface area contributed by atoms with Crippen molar-refractivity contribution >= 4 is 0 Å².